The molecule has 2 aromatic carbocycles. The van der Waals surface area contributed by atoms with Gasteiger partial charge in [0.05, 0.1) is 6.61 Å². The van der Waals surface area contributed by atoms with Gasteiger partial charge in [-0.15, -0.1) is 0 Å². The smallest absolute Gasteiger partial charge is 0.251 e. The van der Waals surface area contributed by atoms with Gasteiger partial charge >= 0.3 is 0 Å². The highest BCUT2D eigenvalue weighted by atomic mass is 79.9. The van der Waals surface area contributed by atoms with E-state index < -0.39 is 0 Å². The molecule has 0 unspecified atom stereocenters. The Hall–Kier alpha value is -1.52. The van der Waals surface area contributed by atoms with Crippen molar-refractivity contribution in [3.63, 3.8) is 0 Å². The average Bonchev–Trinajstić information content (AvgIpc) is 2.44. The summed E-state index contributed by atoms with van der Waals surface area (Å²) in [5, 5.41) is 3.39. The van der Waals surface area contributed by atoms with Crippen molar-refractivity contribution < 1.29 is 9.53 Å². The van der Waals surface area contributed by atoms with E-state index in [4.69, 9.17) is 16.3 Å². The Labute approximate surface area is 137 Å². The molecule has 5 heteroatoms. The minimum absolute atomic E-state index is 0.167. The average molecular weight is 369 g/mol. The van der Waals surface area contributed by atoms with Crippen molar-refractivity contribution in [1.82, 2.24) is 5.32 Å². The third kappa shape index (κ3) is 4.76. The molecule has 3 nitrogen and oxygen atoms in total. The van der Waals surface area contributed by atoms with Gasteiger partial charge in [0.15, 0.2) is 0 Å². The van der Waals surface area contributed by atoms with Crippen LogP contribution in [0, 0.1) is 0 Å². The van der Waals surface area contributed by atoms with Crippen LogP contribution < -0.4 is 10.1 Å². The number of hydrogen-bond donors (Lipinski definition) is 1. The molecular weight excluding hydrogens is 354 g/mol. The van der Waals surface area contributed by atoms with Crippen LogP contribution in [0.2, 0.25) is 5.02 Å². The van der Waals surface area contributed by atoms with Crippen molar-refractivity contribution in [1.29, 1.82) is 0 Å². The van der Waals surface area contributed by atoms with Gasteiger partial charge in [0.1, 0.15) is 5.75 Å². The van der Waals surface area contributed by atoms with Crippen LogP contribution in [0.4, 0.5) is 0 Å². The number of rotatable bonds is 5. The summed E-state index contributed by atoms with van der Waals surface area (Å²) >= 11 is 9.26. The third-order valence-corrected chi connectivity index (χ3v) is 3.46. The van der Waals surface area contributed by atoms with Crippen LogP contribution in [0.25, 0.3) is 0 Å². The first-order valence-electron chi connectivity index (χ1n) is 6.54. The lowest BCUT2D eigenvalue weighted by atomic mass is 10.2. The molecule has 0 saturated heterocycles. The Morgan fingerprint density at radius 3 is 2.81 bits per heavy atom. The normalized spacial score (nSPS) is 10.2. The standard InChI is InChI=1S/C16H15BrClNO2/c1-2-21-15-5-3-4-11(6-15)10-19-16(20)12-7-13(17)9-14(18)8-12/h3-9H,2,10H2,1H3,(H,19,20). The van der Waals surface area contributed by atoms with Crippen molar-refractivity contribution in [2.45, 2.75) is 13.5 Å². The summed E-state index contributed by atoms with van der Waals surface area (Å²) in [7, 11) is 0. The molecule has 0 radical (unpaired) electrons. The van der Waals surface area contributed by atoms with Gasteiger partial charge in [-0.05, 0) is 42.8 Å². The molecule has 2 aromatic rings. The second-order valence-electron chi connectivity index (χ2n) is 4.42. The summed E-state index contributed by atoms with van der Waals surface area (Å²) in [6, 6.07) is 12.8. The Balaban J connectivity index is 2.02. The molecular formula is C16H15BrClNO2. The fourth-order valence-corrected chi connectivity index (χ4v) is 2.74. The Bertz CT molecular complexity index is 626. The van der Waals surface area contributed by atoms with E-state index >= 15 is 0 Å². The minimum Gasteiger partial charge on any atom is -0.494 e. The summed E-state index contributed by atoms with van der Waals surface area (Å²) in [5.74, 6) is 0.634. The zero-order chi connectivity index (χ0) is 15.2. The fourth-order valence-electron chi connectivity index (χ4n) is 1.88. The van der Waals surface area contributed by atoms with Crippen LogP contribution in [0.15, 0.2) is 46.9 Å². The van der Waals surface area contributed by atoms with Crippen molar-refractivity contribution in [2.24, 2.45) is 0 Å². The molecule has 0 aromatic heterocycles. The molecule has 0 heterocycles. The van der Waals surface area contributed by atoms with Gasteiger partial charge in [-0.1, -0.05) is 39.7 Å². The largest absolute Gasteiger partial charge is 0.494 e. The number of carbonyl (C=O) groups excluding carboxylic acids is 1. The maximum absolute atomic E-state index is 12.1. The summed E-state index contributed by atoms with van der Waals surface area (Å²) in [5.41, 5.74) is 1.51. The maximum Gasteiger partial charge on any atom is 0.251 e. The zero-order valence-corrected chi connectivity index (χ0v) is 13.9. The summed E-state index contributed by atoms with van der Waals surface area (Å²) in [6.45, 7) is 2.99. The lowest BCUT2D eigenvalue weighted by Crippen LogP contribution is -2.22. The minimum atomic E-state index is -0.167. The predicted molar refractivity (Wildman–Crippen MR) is 87.9 cm³/mol. The number of nitrogens with one attached hydrogen (secondary N) is 1. The SMILES string of the molecule is CCOc1cccc(CNC(=O)c2cc(Cl)cc(Br)c2)c1. The van der Waals surface area contributed by atoms with Crippen molar-refractivity contribution in [3.8, 4) is 5.75 Å². The third-order valence-electron chi connectivity index (χ3n) is 2.79. The molecule has 0 saturated carbocycles. The van der Waals surface area contributed by atoms with E-state index in [1.807, 2.05) is 31.2 Å². The van der Waals surface area contributed by atoms with Crippen LogP contribution in [-0.2, 0) is 6.54 Å². The Morgan fingerprint density at radius 2 is 2.10 bits per heavy atom. The van der Waals surface area contributed by atoms with Gasteiger partial charge in [0.2, 0.25) is 0 Å². The molecule has 0 fully saturated rings. The number of carbonyl (C=O) groups is 1. The van der Waals surface area contributed by atoms with Gasteiger partial charge in [0, 0.05) is 21.6 Å². The molecule has 1 amide bonds. The van der Waals surface area contributed by atoms with Crippen LogP contribution in [0.3, 0.4) is 0 Å². The number of ether oxygens (including phenoxy) is 1. The van der Waals surface area contributed by atoms with Gasteiger partial charge < -0.3 is 10.1 Å². The second-order valence-corrected chi connectivity index (χ2v) is 5.77. The van der Waals surface area contributed by atoms with Crippen LogP contribution in [-0.4, -0.2) is 12.5 Å². The molecule has 0 spiro atoms. The first-order chi connectivity index (χ1) is 10.1. The van der Waals surface area contributed by atoms with E-state index in [9.17, 15) is 4.79 Å². The van der Waals surface area contributed by atoms with Crippen LogP contribution >= 0.6 is 27.5 Å². The highest BCUT2D eigenvalue weighted by Gasteiger charge is 2.07. The van der Waals surface area contributed by atoms with Gasteiger partial charge in [-0.2, -0.15) is 0 Å². The highest BCUT2D eigenvalue weighted by Crippen LogP contribution is 2.19. The highest BCUT2D eigenvalue weighted by molar-refractivity contribution is 9.10. The molecule has 0 atom stereocenters. The van der Waals surface area contributed by atoms with E-state index in [1.165, 1.54) is 0 Å². The lowest BCUT2D eigenvalue weighted by molar-refractivity contribution is 0.0951. The Kier molecular flexibility index (Phi) is 5.65. The van der Waals surface area contributed by atoms with Crippen LogP contribution in [0.5, 0.6) is 5.75 Å². The summed E-state index contributed by atoms with van der Waals surface area (Å²) < 4.78 is 6.21. The first-order valence-corrected chi connectivity index (χ1v) is 7.71. The van der Waals surface area contributed by atoms with Crippen molar-refractivity contribution in [3.05, 3.63) is 63.1 Å². The van der Waals surface area contributed by atoms with Crippen molar-refractivity contribution >= 4 is 33.4 Å². The van der Waals surface area contributed by atoms with Crippen LogP contribution in [0.1, 0.15) is 22.8 Å². The van der Waals surface area contributed by atoms with Gasteiger partial charge in [0.25, 0.3) is 5.91 Å². The topological polar surface area (TPSA) is 38.3 Å². The zero-order valence-electron chi connectivity index (χ0n) is 11.5. The predicted octanol–water partition coefficient (Wildman–Crippen LogP) is 4.43. The fraction of sp³-hybridized carbons (Fsp3) is 0.188. The monoisotopic (exact) mass is 367 g/mol. The molecule has 0 aliphatic rings. The van der Waals surface area contributed by atoms with Gasteiger partial charge in [-0.25, -0.2) is 0 Å². The molecule has 0 bridgehead atoms. The number of benzene rings is 2. The quantitative estimate of drug-likeness (QED) is 0.848. The molecule has 2 rings (SSSR count). The van der Waals surface area contributed by atoms with E-state index in [0.29, 0.717) is 23.7 Å². The summed E-state index contributed by atoms with van der Waals surface area (Å²) in [6.07, 6.45) is 0. The number of hydrogen-bond acceptors (Lipinski definition) is 2. The van der Waals surface area contributed by atoms with E-state index in [2.05, 4.69) is 21.2 Å². The van der Waals surface area contributed by atoms with E-state index in [-0.39, 0.29) is 5.91 Å². The molecule has 0 aliphatic heterocycles. The molecule has 1 N–H and O–H groups in total. The maximum atomic E-state index is 12.1. The Morgan fingerprint density at radius 1 is 1.29 bits per heavy atom. The lowest BCUT2D eigenvalue weighted by Gasteiger charge is -2.08. The first kappa shape index (κ1) is 15.9. The van der Waals surface area contributed by atoms with E-state index in [0.717, 1.165) is 15.8 Å². The van der Waals surface area contributed by atoms with Gasteiger partial charge in [-0.3, -0.25) is 4.79 Å². The molecule has 0 aliphatic carbocycles. The molecule has 110 valence electrons. The summed E-state index contributed by atoms with van der Waals surface area (Å²) in [4.78, 5) is 12.1. The van der Waals surface area contributed by atoms with E-state index in [1.54, 1.807) is 18.2 Å². The van der Waals surface area contributed by atoms with Crippen molar-refractivity contribution in [2.75, 3.05) is 6.61 Å². The number of amides is 1. The second kappa shape index (κ2) is 7.48. The number of halogens is 2. The molecule has 21 heavy (non-hydrogen) atoms.